The molecular formula is C15H22N2O3. The summed E-state index contributed by atoms with van der Waals surface area (Å²) in [4.78, 5) is 23.0. The van der Waals surface area contributed by atoms with E-state index in [-0.39, 0.29) is 24.2 Å². The van der Waals surface area contributed by atoms with Crippen LogP contribution in [-0.2, 0) is 9.59 Å². The normalized spacial score (nSPS) is 13.8. The van der Waals surface area contributed by atoms with Crippen LogP contribution in [-0.4, -0.2) is 23.0 Å². The van der Waals surface area contributed by atoms with Crippen molar-refractivity contribution < 1.29 is 14.7 Å². The third-order valence-corrected chi connectivity index (χ3v) is 3.25. The molecule has 0 fully saturated rings. The third kappa shape index (κ3) is 4.57. The van der Waals surface area contributed by atoms with Crippen molar-refractivity contribution in [3.8, 4) is 0 Å². The molecule has 1 rings (SSSR count). The van der Waals surface area contributed by atoms with E-state index in [0.29, 0.717) is 5.69 Å². The first-order valence-electron chi connectivity index (χ1n) is 6.69. The number of carboxylic acids is 1. The fraction of sp³-hybridized carbons (Fsp3) is 0.467. The Balaban J connectivity index is 2.61. The number of carbonyl (C=O) groups excluding carboxylic acids is 1. The van der Waals surface area contributed by atoms with E-state index >= 15 is 0 Å². The molecule has 0 saturated heterocycles. The van der Waals surface area contributed by atoms with Gasteiger partial charge in [-0.15, -0.1) is 0 Å². The third-order valence-electron chi connectivity index (χ3n) is 3.25. The van der Waals surface area contributed by atoms with Gasteiger partial charge in [0.2, 0.25) is 5.91 Å². The Labute approximate surface area is 119 Å². The van der Waals surface area contributed by atoms with Gasteiger partial charge >= 0.3 is 5.97 Å². The summed E-state index contributed by atoms with van der Waals surface area (Å²) in [6.07, 6.45) is 0.250. The quantitative estimate of drug-likeness (QED) is 0.694. The van der Waals surface area contributed by atoms with Crippen molar-refractivity contribution in [3.05, 3.63) is 29.8 Å². The molecule has 5 heteroatoms. The maximum atomic E-state index is 11.9. The largest absolute Gasteiger partial charge is 0.480 e. The molecule has 0 aromatic heterocycles. The number of benzene rings is 1. The average molecular weight is 278 g/mol. The molecular weight excluding hydrogens is 256 g/mol. The maximum absolute atomic E-state index is 11.9. The van der Waals surface area contributed by atoms with E-state index < -0.39 is 12.0 Å². The lowest BCUT2D eigenvalue weighted by Gasteiger charge is -2.19. The van der Waals surface area contributed by atoms with E-state index in [1.807, 2.05) is 19.1 Å². The molecule has 0 radical (unpaired) electrons. The molecule has 1 amide bonds. The molecule has 0 saturated carbocycles. The van der Waals surface area contributed by atoms with Crippen molar-refractivity contribution in [1.82, 2.24) is 5.32 Å². The number of rotatable bonds is 6. The summed E-state index contributed by atoms with van der Waals surface area (Å²) in [5.74, 6) is -1.40. The molecule has 1 aromatic carbocycles. The lowest BCUT2D eigenvalue weighted by Crippen LogP contribution is -2.44. The van der Waals surface area contributed by atoms with Crippen LogP contribution in [0.15, 0.2) is 24.3 Å². The Kier molecular flexibility index (Phi) is 5.55. The van der Waals surface area contributed by atoms with Crippen LogP contribution < -0.4 is 11.1 Å². The highest BCUT2D eigenvalue weighted by Gasteiger charge is 2.24. The van der Waals surface area contributed by atoms with Gasteiger partial charge in [0.15, 0.2) is 0 Å². The van der Waals surface area contributed by atoms with Crippen LogP contribution in [0, 0.1) is 5.92 Å². The topological polar surface area (TPSA) is 92.4 Å². The van der Waals surface area contributed by atoms with Crippen molar-refractivity contribution in [2.75, 3.05) is 5.73 Å². The second-order valence-corrected chi connectivity index (χ2v) is 5.40. The Morgan fingerprint density at radius 2 is 1.75 bits per heavy atom. The first kappa shape index (κ1) is 16.0. The van der Waals surface area contributed by atoms with Gasteiger partial charge in [0, 0.05) is 12.1 Å². The van der Waals surface area contributed by atoms with Crippen molar-refractivity contribution >= 4 is 17.6 Å². The molecule has 0 bridgehead atoms. The van der Waals surface area contributed by atoms with Gasteiger partial charge in [-0.2, -0.15) is 0 Å². The molecule has 110 valence electrons. The molecule has 0 aliphatic carbocycles. The number of aliphatic carboxylic acids is 1. The van der Waals surface area contributed by atoms with Crippen LogP contribution in [0.4, 0.5) is 5.69 Å². The molecule has 1 unspecified atom stereocenters. The summed E-state index contributed by atoms with van der Waals surface area (Å²) < 4.78 is 0. The number of nitrogen functional groups attached to an aromatic ring is 1. The number of nitrogens with one attached hydrogen (secondary N) is 1. The zero-order valence-corrected chi connectivity index (χ0v) is 12.1. The van der Waals surface area contributed by atoms with Crippen molar-refractivity contribution in [1.29, 1.82) is 0 Å². The molecule has 1 aromatic rings. The molecule has 4 N–H and O–H groups in total. The van der Waals surface area contributed by atoms with Gasteiger partial charge < -0.3 is 16.2 Å². The molecule has 20 heavy (non-hydrogen) atoms. The molecule has 0 aliphatic heterocycles. The van der Waals surface area contributed by atoms with E-state index in [0.717, 1.165) is 5.56 Å². The molecule has 0 heterocycles. The zero-order valence-electron chi connectivity index (χ0n) is 12.1. The highest BCUT2D eigenvalue weighted by molar-refractivity contribution is 5.84. The first-order chi connectivity index (χ1) is 9.31. The SMILES string of the molecule is CC(CC(=O)N[C@@H](C(=O)O)C(C)C)c1ccc(N)cc1. The van der Waals surface area contributed by atoms with Gasteiger partial charge in [-0.3, -0.25) is 4.79 Å². The highest BCUT2D eigenvalue weighted by Crippen LogP contribution is 2.20. The number of hydrogen-bond acceptors (Lipinski definition) is 3. The molecule has 0 spiro atoms. The van der Waals surface area contributed by atoms with Crippen LogP contribution in [0.1, 0.15) is 38.7 Å². The minimum absolute atomic E-state index is 0.0113. The van der Waals surface area contributed by atoms with E-state index in [4.69, 9.17) is 10.8 Å². The fourth-order valence-electron chi connectivity index (χ4n) is 1.97. The Morgan fingerprint density at radius 3 is 2.20 bits per heavy atom. The van der Waals surface area contributed by atoms with E-state index in [1.165, 1.54) is 0 Å². The van der Waals surface area contributed by atoms with Crippen LogP contribution in [0.25, 0.3) is 0 Å². The molecule has 5 nitrogen and oxygen atoms in total. The Bertz CT molecular complexity index is 469. The standard InChI is InChI=1S/C15H22N2O3/c1-9(2)14(15(19)20)17-13(18)8-10(3)11-4-6-12(16)7-5-11/h4-7,9-10,14H,8,16H2,1-3H3,(H,17,18)(H,19,20)/t10?,14-/m1/s1. The van der Waals surface area contributed by atoms with Crippen LogP contribution in [0.5, 0.6) is 0 Å². The minimum atomic E-state index is -1.01. The van der Waals surface area contributed by atoms with E-state index in [2.05, 4.69) is 5.32 Å². The van der Waals surface area contributed by atoms with Gasteiger partial charge in [-0.25, -0.2) is 4.79 Å². The summed E-state index contributed by atoms with van der Waals surface area (Å²) in [6.45, 7) is 5.46. The van der Waals surface area contributed by atoms with Crippen molar-refractivity contribution in [3.63, 3.8) is 0 Å². The number of amides is 1. The highest BCUT2D eigenvalue weighted by atomic mass is 16.4. The monoisotopic (exact) mass is 278 g/mol. The van der Waals surface area contributed by atoms with Crippen LogP contribution in [0.3, 0.4) is 0 Å². The lowest BCUT2D eigenvalue weighted by molar-refractivity contribution is -0.143. The fourth-order valence-corrected chi connectivity index (χ4v) is 1.97. The van der Waals surface area contributed by atoms with E-state index in [1.54, 1.807) is 26.0 Å². The molecule has 0 aliphatic rings. The predicted molar refractivity (Wildman–Crippen MR) is 78.3 cm³/mol. The number of nitrogens with two attached hydrogens (primary N) is 1. The number of anilines is 1. The van der Waals surface area contributed by atoms with Gasteiger partial charge in [0.25, 0.3) is 0 Å². The second kappa shape index (κ2) is 6.93. The maximum Gasteiger partial charge on any atom is 0.326 e. The predicted octanol–water partition coefficient (Wildman–Crippen LogP) is 1.99. The smallest absolute Gasteiger partial charge is 0.326 e. The average Bonchev–Trinajstić information content (AvgIpc) is 2.35. The summed E-state index contributed by atoms with van der Waals surface area (Å²) in [7, 11) is 0. The number of carbonyl (C=O) groups is 2. The first-order valence-corrected chi connectivity index (χ1v) is 6.69. The summed E-state index contributed by atoms with van der Waals surface area (Å²) in [6, 6.07) is 6.49. The number of hydrogen-bond donors (Lipinski definition) is 3. The van der Waals surface area contributed by atoms with Gasteiger partial charge in [0.1, 0.15) is 6.04 Å². The van der Waals surface area contributed by atoms with Crippen molar-refractivity contribution in [2.45, 2.75) is 39.2 Å². The summed E-state index contributed by atoms with van der Waals surface area (Å²) >= 11 is 0. The summed E-state index contributed by atoms with van der Waals surface area (Å²) in [5, 5.41) is 11.6. The van der Waals surface area contributed by atoms with Gasteiger partial charge in [-0.1, -0.05) is 32.9 Å². The Morgan fingerprint density at radius 1 is 1.20 bits per heavy atom. The molecule has 2 atom stereocenters. The van der Waals surface area contributed by atoms with Gasteiger partial charge in [0.05, 0.1) is 0 Å². The van der Waals surface area contributed by atoms with Crippen molar-refractivity contribution in [2.24, 2.45) is 5.92 Å². The zero-order chi connectivity index (χ0) is 15.3. The summed E-state index contributed by atoms with van der Waals surface area (Å²) in [5.41, 5.74) is 7.30. The van der Waals surface area contributed by atoms with Gasteiger partial charge in [-0.05, 0) is 29.5 Å². The van der Waals surface area contributed by atoms with E-state index in [9.17, 15) is 9.59 Å². The van der Waals surface area contributed by atoms with Crippen LogP contribution >= 0.6 is 0 Å². The second-order valence-electron chi connectivity index (χ2n) is 5.40. The Hall–Kier alpha value is -2.04. The lowest BCUT2D eigenvalue weighted by atomic mass is 9.96. The minimum Gasteiger partial charge on any atom is -0.480 e. The number of carboxylic acid groups (broad SMARTS) is 1. The van der Waals surface area contributed by atoms with Crippen LogP contribution in [0.2, 0.25) is 0 Å².